The van der Waals surface area contributed by atoms with Crippen molar-refractivity contribution in [3.8, 4) is 0 Å². The standard InChI is InChI=1S/C12H20O2/c1-7(2)6-9-10(12(9,4)5)11-13-8(3)14-11/h6,8-11H,1-5H3/t8?,9?,10-,11?/m0/s1. The highest BCUT2D eigenvalue weighted by molar-refractivity contribution is 5.18. The Kier molecular flexibility index (Phi) is 2.24. The lowest BCUT2D eigenvalue weighted by Crippen LogP contribution is -2.41. The van der Waals surface area contributed by atoms with Crippen LogP contribution in [0, 0.1) is 17.3 Å². The molecule has 1 saturated carbocycles. The normalized spacial score (nSPS) is 44.1. The monoisotopic (exact) mass is 196 g/mol. The van der Waals surface area contributed by atoms with E-state index in [1.807, 2.05) is 6.92 Å². The molecule has 0 amide bonds. The van der Waals surface area contributed by atoms with Gasteiger partial charge in [-0.25, -0.2) is 0 Å². The van der Waals surface area contributed by atoms with Crippen LogP contribution in [0.4, 0.5) is 0 Å². The van der Waals surface area contributed by atoms with Crippen molar-refractivity contribution in [3.63, 3.8) is 0 Å². The van der Waals surface area contributed by atoms with Crippen molar-refractivity contribution in [1.82, 2.24) is 0 Å². The fraction of sp³-hybridized carbons (Fsp3) is 0.833. The van der Waals surface area contributed by atoms with Gasteiger partial charge in [-0.2, -0.15) is 0 Å². The second-order valence-corrected chi connectivity index (χ2v) is 5.33. The van der Waals surface area contributed by atoms with Crippen molar-refractivity contribution in [1.29, 1.82) is 0 Å². The molecule has 2 nitrogen and oxygen atoms in total. The smallest absolute Gasteiger partial charge is 0.167 e. The van der Waals surface area contributed by atoms with Gasteiger partial charge >= 0.3 is 0 Å². The van der Waals surface area contributed by atoms with Gasteiger partial charge in [-0.05, 0) is 32.1 Å². The van der Waals surface area contributed by atoms with Gasteiger partial charge in [0.25, 0.3) is 0 Å². The van der Waals surface area contributed by atoms with Gasteiger partial charge < -0.3 is 9.47 Å². The van der Waals surface area contributed by atoms with Crippen molar-refractivity contribution < 1.29 is 9.47 Å². The minimum atomic E-state index is 0.00348. The Hall–Kier alpha value is -0.340. The molecular formula is C12H20O2. The minimum absolute atomic E-state index is 0.00348. The molecule has 0 aromatic rings. The molecule has 1 heterocycles. The molecule has 2 heteroatoms. The second kappa shape index (κ2) is 3.07. The number of hydrogen-bond donors (Lipinski definition) is 0. The summed E-state index contributed by atoms with van der Waals surface area (Å²) >= 11 is 0. The van der Waals surface area contributed by atoms with Gasteiger partial charge in [0, 0.05) is 5.92 Å². The zero-order chi connectivity index (χ0) is 10.5. The quantitative estimate of drug-likeness (QED) is 0.632. The van der Waals surface area contributed by atoms with Crippen LogP contribution in [0.3, 0.4) is 0 Å². The van der Waals surface area contributed by atoms with Gasteiger partial charge in [0.1, 0.15) is 0 Å². The summed E-state index contributed by atoms with van der Waals surface area (Å²) in [4.78, 5) is 0. The van der Waals surface area contributed by atoms with E-state index < -0.39 is 0 Å². The fourth-order valence-electron chi connectivity index (χ4n) is 2.47. The Bertz CT molecular complexity index is 257. The first-order valence-electron chi connectivity index (χ1n) is 5.39. The maximum Gasteiger partial charge on any atom is 0.167 e. The van der Waals surface area contributed by atoms with E-state index in [1.165, 1.54) is 5.57 Å². The maximum atomic E-state index is 5.56. The predicted molar refractivity (Wildman–Crippen MR) is 55.6 cm³/mol. The lowest BCUT2D eigenvalue weighted by molar-refractivity contribution is -0.385. The molecule has 14 heavy (non-hydrogen) atoms. The highest BCUT2D eigenvalue weighted by Gasteiger charge is 2.63. The zero-order valence-electron chi connectivity index (χ0n) is 9.70. The van der Waals surface area contributed by atoms with Crippen molar-refractivity contribution in [2.45, 2.75) is 47.2 Å². The maximum absolute atomic E-state index is 5.56. The summed E-state index contributed by atoms with van der Waals surface area (Å²) < 4.78 is 11.1. The van der Waals surface area contributed by atoms with E-state index in [-0.39, 0.29) is 12.6 Å². The summed E-state index contributed by atoms with van der Waals surface area (Å²) in [5.41, 5.74) is 1.74. The summed E-state index contributed by atoms with van der Waals surface area (Å²) in [5.74, 6) is 1.18. The van der Waals surface area contributed by atoms with Crippen LogP contribution in [-0.4, -0.2) is 12.6 Å². The molecule has 1 aliphatic heterocycles. The third-order valence-corrected chi connectivity index (χ3v) is 3.45. The minimum Gasteiger partial charge on any atom is -0.324 e. The molecule has 2 atom stereocenters. The van der Waals surface area contributed by atoms with E-state index in [4.69, 9.17) is 9.47 Å². The molecule has 0 spiro atoms. The topological polar surface area (TPSA) is 18.5 Å². The van der Waals surface area contributed by atoms with Crippen molar-refractivity contribution in [2.75, 3.05) is 0 Å². The van der Waals surface area contributed by atoms with Crippen LogP contribution in [0.25, 0.3) is 0 Å². The molecule has 1 saturated heterocycles. The van der Waals surface area contributed by atoms with Gasteiger partial charge in [-0.1, -0.05) is 25.5 Å². The Morgan fingerprint density at radius 1 is 1.21 bits per heavy atom. The Morgan fingerprint density at radius 3 is 2.21 bits per heavy atom. The zero-order valence-corrected chi connectivity index (χ0v) is 9.70. The largest absolute Gasteiger partial charge is 0.324 e. The molecule has 0 aromatic heterocycles. The lowest BCUT2D eigenvalue weighted by atomic mass is 10.1. The SMILES string of the molecule is CC(C)=CC1[C@@H](C2OC(C)O2)C1(C)C. The molecule has 1 unspecified atom stereocenters. The van der Waals surface area contributed by atoms with E-state index in [9.17, 15) is 0 Å². The molecule has 0 aromatic carbocycles. The summed E-state index contributed by atoms with van der Waals surface area (Å²) in [7, 11) is 0. The number of hydrogen-bond acceptors (Lipinski definition) is 2. The summed E-state index contributed by atoms with van der Waals surface area (Å²) in [6, 6.07) is 0. The van der Waals surface area contributed by atoms with Crippen LogP contribution in [0.1, 0.15) is 34.6 Å². The van der Waals surface area contributed by atoms with E-state index in [2.05, 4.69) is 33.8 Å². The van der Waals surface area contributed by atoms with Crippen LogP contribution >= 0.6 is 0 Å². The number of rotatable bonds is 2. The lowest BCUT2D eigenvalue weighted by Gasteiger charge is -2.34. The van der Waals surface area contributed by atoms with E-state index in [0.29, 0.717) is 17.3 Å². The second-order valence-electron chi connectivity index (χ2n) is 5.33. The summed E-state index contributed by atoms with van der Waals surface area (Å²) in [5, 5.41) is 0. The molecule has 0 bridgehead atoms. The highest BCUT2D eigenvalue weighted by atomic mass is 16.9. The van der Waals surface area contributed by atoms with E-state index in [0.717, 1.165) is 0 Å². The van der Waals surface area contributed by atoms with Gasteiger partial charge in [0.15, 0.2) is 12.6 Å². The molecule has 2 rings (SSSR count). The average molecular weight is 196 g/mol. The number of allylic oxidation sites excluding steroid dienone is 2. The Morgan fingerprint density at radius 2 is 1.79 bits per heavy atom. The molecular weight excluding hydrogens is 176 g/mol. The van der Waals surface area contributed by atoms with Gasteiger partial charge in [0.05, 0.1) is 0 Å². The molecule has 0 N–H and O–H groups in total. The van der Waals surface area contributed by atoms with Crippen LogP contribution in [0.5, 0.6) is 0 Å². The molecule has 2 fully saturated rings. The van der Waals surface area contributed by atoms with Crippen LogP contribution in [-0.2, 0) is 9.47 Å². The third-order valence-electron chi connectivity index (χ3n) is 3.45. The number of ether oxygens (including phenoxy) is 2. The predicted octanol–water partition coefficient (Wildman–Crippen LogP) is 2.94. The van der Waals surface area contributed by atoms with Gasteiger partial charge in [-0.15, -0.1) is 0 Å². The van der Waals surface area contributed by atoms with E-state index >= 15 is 0 Å². The first-order chi connectivity index (χ1) is 6.43. The molecule has 0 radical (unpaired) electrons. The van der Waals surface area contributed by atoms with Crippen molar-refractivity contribution in [2.24, 2.45) is 17.3 Å². The molecule has 1 aliphatic carbocycles. The van der Waals surface area contributed by atoms with Crippen molar-refractivity contribution in [3.05, 3.63) is 11.6 Å². The first-order valence-corrected chi connectivity index (χ1v) is 5.39. The Labute approximate surface area is 86.3 Å². The van der Waals surface area contributed by atoms with Gasteiger partial charge in [-0.3, -0.25) is 0 Å². The third kappa shape index (κ3) is 1.51. The van der Waals surface area contributed by atoms with E-state index in [1.54, 1.807) is 0 Å². The van der Waals surface area contributed by atoms with Gasteiger partial charge in [0.2, 0.25) is 0 Å². The molecule has 2 aliphatic rings. The van der Waals surface area contributed by atoms with Crippen LogP contribution in [0.2, 0.25) is 0 Å². The fourth-order valence-corrected chi connectivity index (χ4v) is 2.47. The molecule has 80 valence electrons. The average Bonchev–Trinajstić information content (AvgIpc) is 2.46. The van der Waals surface area contributed by atoms with Crippen LogP contribution in [0.15, 0.2) is 11.6 Å². The summed E-state index contributed by atoms with van der Waals surface area (Å²) in [6.07, 6.45) is 2.39. The summed E-state index contributed by atoms with van der Waals surface area (Å²) in [6.45, 7) is 10.8. The first kappa shape index (κ1) is 10.2. The van der Waals surface area contributed by atoms with Crippen molar-refractivity contribution >= 4 is 0 Å². The Balaban J connectivity index is 1.99. The van der Waals surface area contributed by atoms with Crippen LogP contribution < -0.4 is 0 Å². The highest BCUT2D eigenvalue weighted by Crippen LogP contribution is 2.63.